The molecule has 0 bridgehead atoms. The van der Waals surface area contributed by atoms with E-state index in [0.717, 1.165) is 6.54 Å². The molecule has 2 fully saturated rings. The second-order valence-corrected chi connectivity index (χ2v) is 3.51. The van der Waals surface area contributed by atoms with Crippen molar-refractivity contribution in [1.82, 2.24) is 10.6 Å². The summed E-state index contributed by atoms with van der Waals surface area (Å²) in [7, 11) is 0. The van der Waals surface area contributed by atoms with Crippen LogP contribution in [-0.2, 0) is 0 Å². The molecular weight excluding hydrogens is 140 g/mol. The van der Waals surface area contributed by atoms with Crippen LogP contribution in [-0.4, -0.2) is 18.6 Å². The highest BCUT2D eigenvalue weighted by molar-refractivity contribution is 5.75. The number of amides is 2. The summed E-state index contributed by atoms with van der Waals surface area (Å²) >= 11 is 0. The molecule has 2 unspecified atom stereocenters. The van der Waals surface area contributed by atoms with Gasteiger partial charge in [-0.25, -0.2) is 4.79 Å². The molecule has 1 aliphatic carbocycles. The molecule has 2 atom stereocenters. The van der Waals surface area contributed by atoms with Gasteiger partial charge in [0.15, 0.2) is 0 Å². The quantitative estimate of drug-likeness (QED) is 0.533. The summed E-state index contributed by atoms with van der Waals surface area (Å²) in [6.07, 6.45) is 5.07. The number of urea groups is 1. The summed E-state index contributed by atoms with van der Waals surface area (Å²) < 4.78 is 0. The fourth-order valence-electron chi connectivity index (χ4n) is 2.09. The van der Waals surface area contributed by atoms with E-state index in [9.17, 15) is 4.79 Å². The third-order valence-electron chi connectivity index (χ3n) is 2.75. The van der Waals surface area contributed by atoms with Crippen LogP contribution in [0.1, 0.15) is 25.7 Å². The van der Waals surface area contributed by atoms with Gasteiger partial charge in [0.05, 0.1) is 0 Å². The molecule has 1 heterocycles. The zero-order valence-corrected chi connectivity index (χ0v) is 6.60. The largest absolute Gasteiger partial charge is 0.338 e. The Hall–Kier alpha value is -0.730. The number of hydrogen-bond donors (Lipinski definition) is 2. The maximum Gasteiger partial charge on any atom is 0.315 e. The van der Waals surface area contributed by atoms with E-state index in [2.05, 4.69) is 10.6 Å². The van der Waals surface area contributed by atoms with Crippen molar-refractivity contribution in [3.63, 3.8) is 0 Å². The number of rotatable bonds is 0. The summed E-state index contributed by atoms with van der Waals surface area (Å²) in [6.45, 7) is 0.885. The Kier molecular flexibility index (Phi) is 1.72. The molecule has 2 rings (SSSR count). The molecule has 3 heteroatoms. The number of carbonyl (C=O) groups excluding carboxylic acids is 1. The summed E-state index contributed by atoms with van der Waals surface area (Å²) in [4.78, 5) is 10.9. The monoisotopic (exact) mass is 154 g/mol. The van der Waals surface area contributed by atoms with E-state index in [1.54, 1.807) is 0 Å². The van der Waals surface area contributed by atoms with Crippen molar-refractivity contribution in [3.8, 4) is 0 Å². The Morgan fingerprint density at radius 2 is 2.09 bits per heavy atom. The van der Waals surface area contributed by atoms with Gasteiger partial charge in [-0.1, -0.05) is 12.8 Å². The SMILES string of the molecule is O=C1NCC2CCCCC2N1. The van der Waals surface area contributed by atoms with Gasteiger partial charge in [0, 0.05) is 12.6 Å². The molecule has 1 saturated heterocycles. The van der Waals surface area contributed by atoms with Crippen LogP contribution < -0.4 is 10.6 Å². The van der Waals surface area contributed by atoms with Gasteiger partial charge in [-0.15, -0.1) is 0 Å². The first-order valence-corrected chi connectivity index (χ1v) is 4.40. The van der Waals surface area contributed by atoms with Gasteiger partial charge in [0.1, 0.15) is 0 Å². The third kappa shape index (κ3) is 1.32. The normalized spacial score (nSPS) is 36.9. The molecule has 2 amide bonds. The molecule has 1 saturated carbocycles. The van der Waals surface area contributed by atoms with Crippen molar-refractivity contribution in [2.45, 2.75) is 31.7 Å². The Bertz CT molecular complexity index is 169. The fraction of sp³-hybridized carbons (Fsp3) is 0.875. The maximum absolute atomic E-state index is 10.9. The van der Waals surface area contributed by atoms with Crippen LogP contribution in [0.5, 0.6) is 0 Å². The highest BCUT2D eigenvalue weighted by atomic mass is 16.2. The lowest BCUT2D eigenvalue weighted by Gasteiger charge is -2.36. The predicted molar refractivity (Wildman–Crippen MR) is 42.3 cm³/mol. The van der Waals surface area contributed by atoms with Gasteiger partial charge < -0.3 is 10.6 Å². The van der Waals surface area contributed by atoms with Crippen molar-refractivity contribution in [3.05, 3.63) is 0 Å². The average molecular weight is 154 g/mol. The molecule has 0 aromatic rings. The van der Waals surface area contributed by atoms with E-state index in [-0.39, 0.29) is 6.03 Å². The second kappa shape index (κ2) is 2.72. The number of nitrogens with one attached hydrogen (secondary N) is 2. The molecule has 1 aliphatic heterocycles. The summed E-state index contributed by atoms with van der Waals surface area (Å²) in [5, 5.41) is 5.80. The molecule has 62 valence electrons. The van der Waals surface area contributed by atoms with Crippen LogP contribution in [0.25, 0.3) is 0 Å². The van der Waals surface area contributed by atoms with Gasteiger partial charge in [-0.2, -0.15) is 0 Å². The van der Waals surface area contributed by atoms with E-state index in [1.165, 1.54) is 25.7 Å². The van der Waals surface area contributed by atoms with E-state index < -0.39 is 0 Å². The van der Waals surface area contributed by atoms with E-state index >= 15 is 0 Å². The molecule has 0 aromatic heterocycles. The van der Waals surface area contributed by atoms with Gasteiger partial charge in [0.2, 0.25) is 0 Å². The van der Waals surface area contributed by atoms with Crippen LogP contribution in [0.3, 0.4) is 0 Å². The second-order valence-electron chi connectivity index (χ2n) is 3.51. The highest BCUT2D eigenvalue weighted by Gasteiger charge is 2.29. The standard InChI is InChI=1S/C8H14N2O/c11-8-9-5-6-3-1-2-4-7(6)10-8/h6-7H,1-5H2,(H2,9,10,11). The number of fused-ring (bicyclic) bond motifs is 1. The molecule has 2 aliphatic rings. The van der Waals surface area contributed by atoms with Crippen molar-refractivity contribution in [2.24, 2.45) is 5.92 Å². The van der Waals surface area contributed by atoms with E-state index in [1.807, 2.05) is 0 Å². The van der Waals surface area contributed by atoms with Gasteiger partial charge in [-0.3, -0.25) is 0 Å². The fourth-order valence-corrected chi connectivity index (χ4v) is 2.09. The van der Waals surface area contributed by atoms with Crippen LogP contribution >= 0.6 is 0 Å². The molecule has 0 spiro atoms. The molecule has 0 aromatic carbocycles. The summed E-state index contributed by atoms with van der Waals surface area (Å²) in [5.41, 5.74) is 0. The van der Waals surface area contributed by atoms with Crippen molar-refractivity contribution in [1.29, 1.82) is 0 Å². The first-order valence-electron chi connectivity index (χ1n) is 4.40. The minimum atomic E-state index is 0.0214. The Morgan fingerprint density at radius 1 is 1.27 bits per heavy atom. The van der Waals surface area contributed by atoms with Gasteiger partial charge in [-0.05, 0) is 18.8 Å². The molecule has 11 heavy (non-hydrogen) atoms. The smallest absolute Gasteiger partial charge is 0.315 e. The van der Waals surface area contributed by atoms with E-state index in [0.29, 0.717) is 12.0 Å². The first-order chi connectivity index (χ1) is 5.36. The number of hydrogen-bond acceptors (Lipinski definition) is 1. The minimum absolute atomic E-state index is 0.0214. The highest BCUT2D eigenvalue weighted by Crippen LogP contribution is 2.25. The third-order valence-corrected chi connectivity index (χ3v) is 2.75. The zero-order chi connectivity index (χ0) is 7.68. The topological polar surface area (TPSA) is 41.1 Å². The van der Waals surface area contributed by atoms with Crippen molar-refractivity contribution in [2.75, 3.05) is 6.54 Å². The van der Waals surface area contributed by atoms with Crippen LogP contribution in [0.15, 0.2) is 0 Å². The molecule has 3 nitrogen and oxygen atoms in total. The summed E-state index contributed by atoms with van der Waals surface area (Å²) in [6, 6.07) is 0.491. The first kappa shape index (κ1) is 6.95. The lowest BCUT2D eigenvalue weighted by Crippen LogP contribution is -2.55. The van der Waals surface area contributed by atoms with Crippen molar-refractivity contribution >= 4 is 6.03 Å². The maximum atomic E-state index is 10.9. The van der Waals surface area contributed by atoms with Crippen molar-refractivity contribution < 1.29 is 4.79 Å². The Labute approximate surface area is 66.5 Å². The van der Waals surface area contributed by atoms with Gasteiger partial charge in [0.25, 0.3) is 0 Å². The Morgan fingerprint density at radius 3 is 3.00 bits per heavy atom. The van der Waals surface area contributed by atoms with Crippen LogP contribution in [0.2, 0.25) is 0 Å². The lowest BCUT2D eigenvalue weighted by molar-refractivity contribution is 0.193. The summed E-state index contributed by atoms with van der Waals surface area (Å²) in [5.74, 6) is 0.696. The van der Waals surface area contributed by atoms with Crippen LogP contribution in [0.4, 0.5) is 4.79 Å². The van der Waals surface area contributed by atoms with E-state index in [4.69, 9.17) is 0 Å². The number of carbonyl (C=O) groups is 1. The molecule has 0 radical (unpaired) electrons. The minimum Gasteiger partial charge on any atom is -0.338 e. The molecular formula is C8H14N2O. The van der Waals surface area contributed by atoms with Crippen LogP contribution in [0, 0.1) is 5.92 Å². The zero-order valence-electron chi connectivity index (χ0n) is 6.60. The Balaban J connectivity index is 1.98. The predicted octanol–water partition coefficient (Wildman–Crippen LogP) is 0.858. The average Bonchev–Trinajstić information content (AvgIpc) is 2.04. The molecule has 2 N–H and O–H groups in total. The van der Waals surface area contributed by atoms with Gasteiger partial charge >= 0.3 is 6.03 Å². The lowest BCUT2D eigenvalue weighted by atomic mass is 9.83.